The van der Waals surface area contributed by atoms with Crippen molar-refractivity contribution in [2.45, 2.75) is 13.3 Å². The van der Waals surface area contributed by atoms with Crippen molar-refractivity contribution in [3.63, 3.8) is 0 Å². The van der Waals surface area contributed by atoms with Gasteiger partial charge in [0, 0.05) is 5.38 Å². The molecule has 1 heterocycles. The molecule has 0 unspecified atom stereocenters. The van der Waals surface area contributed by atoms with Crippen LogP contribution in [0.15, 0.2) is 40.9 Å². The molecule has 0 atom stereocenters. The number of hydrogen-bond acceptors (Lipinski definition) is 6. The summed E-state index contributed by atoms with van der Waals surface area (Å²) in [6.07, 6.45) is 0.436. The SMILES string of the molecule is C/C(=N/O)c1csc(NS(=O)(=O)CCc2ccccc2)n1. The first-order valence-corrected chi connectivity index (χ1v) is 8.72. The fourth-order valence-electron chi connectivity index (χ4n) is 1.62. The van der Waals surface area contributed by atoms with Gasteiger partial charge in [-0.25, -0.2) is 13.4 Å². The molecule has 0 bridgehead atoms. The van der Waals surface area contributed by atoms with E-state index in [9.17, 15) is 8.42 Å². The van der Waals surface area contributed by atoms with Crippen LogP contribution in [0.4, 0.5) is 5.13 Å². The van der Waals surface area contributed by atoms with Gasteiger partial charge in [-0.05, 0) is 18.9 Å². The number of hydrogen-bond donors (Lipinski definition) is 2. The zero-order chi connectivity index (χ0) is 15.3. The van der Waals surface area contributed by atoms with Gasteiger partial charge < -0.3 is 5.21 Å². The van der Waals surface area contributed by atoms with Crippen LogP contribution < -0.4 is 4.72 Å². The van der Waals surface area contributed by atoms with E-state index >= 15 is 0 Å². The Morgan fingerprint density at radius 3 is 2.76 bits per heavy atom. The Morgan fingerprint density at radius 2 is 2.10 bits per heavy atom. The number of thiazole rings is 1. The van der Waals surface area contributed by atoms with Crippen molar-refractivity contribution < 1.29 is 13.6 Å². The monoisotopic (exact) mass is 325 g/mol. The molecule has 2 rings (SSSR count). The molecule has 0 aliphatic carbocycles. The lowest BCUT2D eigenvalue weighted by atomic mass is 10.2. The van der Waals surface area contributed by atoms with Crippen molar-refractivity contribution in [2.75, 3.05) is 10.5 Å². The largest absolute Gasteiger partial charge is 0.411 e. The minimum Gasteiger partial charge on any atom is -0.411 e. The summed E-state index contributed by atoms with van der Waals surface area (Å²) < 4.78 is 26.4. The van der Waals surface area contributed by atoms with E-state index < -0.39 is 10.0 Å². The second kappa shape index (κ2) is 6.68. The minimum atomic E-state index is -3.46. The van der Waals surface area contributed by atoms with E-state index in [0.717, 1.165) is 16.9 Å². The van der Waals surface area contributed by atoms with Crippen LogP contribution in [-0.4, -0.2) is 30.1 Å². The van der Waals surface area contributed by atoms with E-state index in [1.165, 1.54) is 0 Å². The lowest BCUT2D eigenvalue weighted by Gasteiger charge is -2.05. The predicted octanol–water partition coefficient (Wildman–Crippen LogP) is 2.33. The lowest BCUT2D eigenvalue weighted by molar-refractivity contribution is 0.319. The number of benzene rings is 1. The molecule has 1 aromatic heterocycles. The quantitative estimate of drug-likeness (QED) is 0.484. The van der Waals surface area contributed by atoms with E-state index in [1.54, 1.807) is 12.3 Å². The zero-order valence-electron chi connectivity index (χ0n) is 11.4. The Hall–Kier alpha value is -1.93. The van der Waals surface area contributed by atoms with Crippen LogP contribution in [0.1, 0.15) is 18.2 Å². The van der Waals surface area contributed by atoms with Crippen molar-refractivity contribution in [1.29, 1.82) is 0 Å². The summed E-state index contributed by atoms with van der Waals surface area (Å²) >= 11 is 1.15. The Labute approximate surface area is 127 Å². The summed E-state index contributed by atoms with van der Waals surface area (Å²) in [5.74, 6) is -0.0149. The predicted molar refractivity (Wildman–Crippen MR) is 83.7 cm³/mol. The third-order valence-electron chi connectivity index (χ3n) is 2.77. The molecule has 0 aliphatic heterocycles. The van der Waals surface area contributed by atoms with Gasteiger partial charge in [-0.2, -0.15) is 0 Å². The number of nitrogens with zero attached hydrogens (tertiary/aromatic N) is 2. The molecule has 6 nitrogen and oxygen atoms in total. The van der Waals surface area contributed by atoms with Crippen molar-refractivity contribution in [3.8, 4) is 0 Å². The molecule has 2 aromatic rings. The van der Waals surface area contributed by atoms with Crippen molar-refractivity contribution >= 4 is 32.2 Å². The molecule has 21 heavy (non-hydrogen) atoms. The fourth-order valence-corrected chi connectivity index (χ4v) is 3.71. The van der Waals surface area contributed by atoms with Gasteiger partial charge in [0.15, 0.2) is 5.13 Å². The van der Waals surface area contributed by atoms with Crippen molar-refractivity contribution in [1.82, 2.24) is 4.98 Å². The van der Waals surface area contributed by atoms with Gasteiger partial charge in [-0.15, -0.1) is 11.3 Å². The molecule has 0 radical (unpaired) electrons. The van der Waals surface area contributed by atoms with E-state index in [-0.39, 0.29) is 10.9 Å². The second-order valence-corrected chi connectivity index (χ2v) is 7.08. The molecule has 0 saturated carbocycles. The lowest BCUT2D eigenvalue weighted by Crippen LogP contribution is -2.18. The van der Waals surface area contributed by atoms with E-state index in [4.69, 9.17) is 5.21 Å². The van der Waals surface area contributed by atoms with Crippen LogP contribution in [0, 0.1) is 0 Å². The molecular weight excluding hydrogens is 310 g/mol. The molecule has 0 saturated heterocycles. The molecule has 2 N–H and O–H groups in total. The van der Waals surface area contributed by atoms with Gasteiger partial charge in [0.1, 0.15) is 11.4 Å². The standard InChI is InChI=1S/C13H15N3O3S2/c1-10(15-17)12-9-20-13(14-12)16-21(18,19)8-7-11-5-3-2-4-6-11/h2-6,9,17H,7-8H2,1H3,(H,14,16)/b15-10-. The van der Waals surface area contributed by atoms with E-state index in [2.05, 4.69) is 14.9 Å². The van der Waals surface area contributed by atoms with Crippen LogP contribution in [0.2, 0.25) is 0 Å². The third-order valence-corrected chi connectivity index (χ3v) is 4.90. The normalized spacial score (nSPS) is 12.3. The summed E-state index contributed by atoms with van der Waals surface area (Å²) in [5.41, 5.74) is 1.75. The first-order valence-electron chi connectivity index (χ1n) is 6.19. The second-order valence-electron chi connectivity index (χ2n) is 4.38. The van der Waals surface area contributed by atoms with Gasteiger partial charge in [0.2, 0.25) is 10.0 Å². The highest BCUT2D eigenvalue weighted by molar-refractivity contribution is 7.92. The first kappa shape index (κ1) is 15.5. The van der Waals surface area contributed by atoms with Gasteiger partial charge >= 0.3 is 0 Å². The van der Waals surface area contributed by atoms with Crippen LogP contribution in [-0.2, 0) is 16.4 Å². The molecule has 0 amide bonds. The molecule has 8 heteroatoms. The van der Waals surface area contributed by atoms with Gasteiger partial charge in [0.25, 0.3) is 0 Å². The third kappa shape index (κ3) is 4.54. The summed E-state index contributed by atoms with van der Waals surface area (Å²) in [4.78, 5) is 4.06. The maximum absolute atomic E-state index is 12.0. The topological polar surface area (TPSA) is 91.7 Å². The molecule has 1 aromatic carbocycles. The highest BCUT2D eigenvalue weighted by atomic mass is 32.2. The average Bonchev–Trinajstić information content (AvgIpc) is 2.93. The highest BCUT2D eigenvalue weighted by Crippen LogP contribution is 2.17. The Morgan fingerprint density at radius 1 is 1.38 bits per heavy atom. The first-order chi connectivity index (χ1) is 10.00. The number of aromatic nitrogens is 1. The van der Waals surface area contributed by atoms with E-state index in [1.807, 2.05) is 30.3 Å². The van der Waals surface area contributed by atoms with Gasteiger partial charge in [-0.1, -0.05) is 35.5 Å². The highest BCUT2D eigenvalue weighted by Gasteiger charge is 2.14. The van der Waals surface area contributed by atoms with Crippen molar-refractivity contribution in [2.24, 2.45) is 5.16 Å². The average molecular weight is 325 g/mol. The number of anilines is 1. The Bertz CT molecular complexity index is 724. The maximum atomic E-state index is 12.0. The summed E-state index contributed by atoms with van der Waals surface area (Å²) in [7, 11) is -3.46. The van der Waals surface area contributed by atoms with Crippen LogP contribution in [0.5, 0.6) is 0 Å². The number of aryl methyl sites for hydroxylation is 1. The summed E-state index contributed by atoms with van der Waals surface area (Å²) in [6, 6.07) is 9.41. The summed E-state index contributed by atoms with van der Waals surface area (Å²) in [5, 5.41) is 13.6. The number of oxime groups is 1. The molecular formula is C13H15N3O3S2. The maximum Gasteiger partial charge on any atom is 0.234 e. The molecule has 0 fully saturated rings. The molecule has 0 aliphatic rings. The Kier molecular flexibility index (Phi) is 4.92. The smallest absolute Gasteiger partial charge is 0.234 e. The molecule has 0 spiro atoms. The van der Waals surface area contributed by atoms with Crippen molar-refractivity contribution in [3.05, 3.63) is 47.0 Å². The number of sulfonamides is 1. The summed E-state index contributed by atoms with van der Waals surface area (Å²) in [6.45, 7) is 1.59. The van der Waals surface area contributed by atoms with E-state index in [0.29, 0.717) is 17.8 Å². The van der Waals surface area contributed by atoms with Crippen LogP contribution >= 0.6 is 11.3 Å². The van der Waals surface area contributed by atoms with Crippen LogP contribution in [0.25, 0.3) is 0 Å². The Balaban J connectivity index is 1.99. The van der Waals surface area contributed by atoms with Gasteiger partial charge in [0.05, 0.1) is 5.75 Å². The number of nitrogens with one attached hydrogen (secondary N) is 1. The fraction of sp³-hybridized carbons (Fsp3) is 0.231. The number of rotatable bonds is 6. The van der Waals surface area contributed by atoms with Gasteiger partial charge in [-0.3, -0.25) is 4.72 Å². The zero-order valence-corrected chi connectivity index (χ0v) is 13.0. The van der Waals surface area contributed by atoms with Crippen LogP contribution in [0.3, 0.4) is 0 Å². The molecule has 112 valence electrons. The minimum absolute atomic E-state index is 0.0149.